The summed E-state index contributed by atoms with van der Waals surface area (Å²) in [6.45, 7) is 7.63. The summed E-state index contributed by atoms with van der Waals surface area (Å²) in [5.74, 6) is 0.644. The van der Waals surface area contributed by atoms with Gasteiger partial charge < -0.3 is 14.7 Å². The largest absolute Gasteiger partial charge is 0.468 e. The molecule has 6 heteroatoms. The van der Waals surface area contributed by atoms with Gasteiger partial charge in [0.05, 0.1) is 12.3 Å². The summed E-state index contributed by atoms with van der Waals surface area (Å²) < 4.78 is 5.58. The SMILES string of the molecule is CC(=O)c1c(C)[nH]c(C(=O)NC[C@H](c2ccco2)N2CCCC2)c1C. The van der Waals surface area contributed by atoms with Gasteiger partial charge in [-0.2, -0.15) is 0 Å². The number of hydrogen-bond donors (Lipinski definition) is 2. The minimum atomic E-state index is -0.191. The second-order valence-electron chi connectivity index (χ2n) is 6.67. The molecule has 3 heterocycles. The van der Waals surface area contributed by atoms with Crippen molar-refractivity contribution in [2.24, 2.45) is 0 Å². The molecule has 2 aromatic heterocycles. The molecule has 1 atom stereocenters. The van der Waals surface area contributed by atoms with Crippen molar-refractivity contribution in [3.05, 3.63) is 46.7 Å². The lowest BCUT2D eigenvalue weighted by atomic mass is 10.1. The van der Waals surface area contributed by atoms with Crippen LogP contribution in [0, 0.1) is 13.8 Å². The third-order valence-corrected chi connectivity index (χ3v) is 4.93. The summed E-state index contributed by atoms with van der Waals surface area (Å²) in [7, 11) is 0. The van der Waals surface area contributed by atoms with Gasteiger partial charge >= 0.3 is 0 Å². The van der Waals surface area contributed by atoms with Crippen LogP contribution in [-0.2, 0) is 0 Å². The Balaban J connectivity index is 1.74. The first-order valence-corrected chi connectivity index (χ1v) is 8.74. The van der Waals surface area contributed by atoms with E-state index >= 15 is 0 Å². The maximum Gasteiger partial charge on any atom is 0.268 e. The Labute approximate surface area is 147 Å². The van der Waals surface area contributed by atoms with Crippen molar-refractivity contribution < 1.29 is 14.0 Å². The molecule has 0 aliphatic carbocycles. The van der Waals surface area contributed by atoms with Gasteiger partial charge in [0.2, 0.25) is 0 Å². The normalized spacial score (nSPS) is 16.1. The molecule has 0 radical (unpaired) electrons. The first-order chi connectivity index (χ1) is 12.0. The molecule has 0 saturated carbocycles. The maximum absolute atomic E-state index is 12.6. The predicted octanol–water partition coefficient (Wildman–Crippen LogP) is 2.99. The van der Waals surface area contributed by atoms with Crippen molar-refractivity contribution in [3.63, 3.8) is 0 Å². The standard InChI is InChI=1S/C19H25N3O3/c1-12-17(14(3)23)13(2)21-18(12)19(24)20-11-15(16-7-6-10-25-16)22-8-4-5-9-22/h6-7,10,15,21H,4-5,8-9,11H2,1-3H3,(H,20,24)/t15-/m1/s1. The molecule has 3 rings (SSSR count). The van der Waals surface area contributed by atoms with Gasteiger partial charge in [-0.05, 0) is 64.4 Å². The van der Waals surface area contributed by atoms with Crippen LogP contribution in [0.5, 0.6) is 0 Å². The molecule has 0 aromatic carbocycles. The number of furan rings is 1. The van der Waals surface area contributed by atoms with Gasteiger partial charge in [0.15, 0.2) is 5.78 Å². The fourth-order valence-electron chi connectivity index (χ4n) is 3.73. The third kappa shape index (κ3) is 3.54. The van der Waals surface area contributed by atoms with E-state index < -0.39 is 0 Å². The lowest BCUT2D eigenvalue weighted by Crippen LogP contribution is -2.37. The molecule has 0 bridgehead atoms. The number of aromatic amines is 1. The second kappa shape index (κ2) is 7.27. The van der Waals surface area contributed by atoms with Crippen LogP contribution >= 0.6 is 0 Å². The quantitative estimate of drug-likeness (QED) is 0.791. The highest BCUT2D eigenvalue weighted by atomic mass is 16.3. The fourth-order valence-corrected chi connectivity index (χ4v) is 3.73. The number of ketones is 1. The third-order valence-electron chi connectivity index (χ3n) is 4.93. The molecule has 1 fully saturated rings. The Bertz CT molecular complexity index is 755. The van der Waals surface area contributed by atoms with Gasteiger partial charge in [0, 0.05) is 17.8 Å². The van der Waals surface area contributed by atoms with E-state index in [2.05, 4.69) is 15.2 Å². The minimum Gasteiger partial charge on any atom is -0.468 e. The Kier molecular flexibility index (Phi) is 5.08. The molecular weight excluding hydrogens is 318 g/mol. The van der Waals surface area contributed by atoms with Crippen LogP contribution < -0.4 is 5.32 Å². The number of nitrogens with one attached hydrogen (secondary N) is 2. The van der Waals surface area contributed by atoms with Gasteiger partial charge in [0.25, 0.3) is 5.91 Å². The zero-order valence-electron chi connectivity index (χ0n) is 15.0. The monoisotopic (exact) mass is 343 g/mol. The lowest BCUT2D eigenvalue weighted by molar-refractivity contribution is 0.0928. The van der Waals surface area contributed by atoms with Crippen molar-refractivity contribution in [2.45, 2.75) is 39.7 Å². The number of nitrogens with zero attached hydrogens (tertiary/aromatic N) is 1. The Hall–Kier alpha value is -2.34. The number of rotatable bonds is 6. The second-order valence-corrected chi connectivity index (χ2v) is 6.67. The molecule has 0 unspecified atom stereocenters. The van der Waals surface area contributed by atoms with E-state index in [4.69, 9.17) is 4.42 Å². The summed E-state index contributed by atoms with van der Waals surface area (Å²) in [6.07, 6.45) is 4.00. The van der Waals surface area contributed by atoms with Gasteiger partial charge in [-0.1, -0.05) is 0 Å². The summed E-state index contributed by atoms with van der Waals surface area (Å²) in [4.78, 5) is 29.8. The molecule has 1 saturated heterocycles. The van der Waals surface area contributed by atoms with E-state index in [1.165, 1.54) is 19.8 Å². The Morgan fingerprint density at radius 2 is 2.04 bits per heavy atom. The lowest BCUT2D eigenvalue weighted by Gasteiger charge is -2.25. The Morgan fingerprint density at radius 1 is 1.32 bits per heavy atom. The van der Waals surface area contributed by atoms with Gasteiger partial charge in [-0.15, -0.1) is 0 Å². The van der Waals surface area contributed by atoms with Crippen LogP contribution in [0.2, 0.25) is 0 Å². The molecule has 2 aromatic rings. The van der Waals surface area contributed by atoms with Crippen molar-refractivity contribution in [2.75, 3.05) is 19.6 Å². The number of hydrogen-bond acceptors (Lipinski definition) is 4. The van der Waals surface area contributed by atoms with Crippen LogP contribution in [0.3, 0.4) is 0 Å². The van der Waals surface area contributed by atoms with E-state index in [0.717, 1.165) is 24.5 Å². The summed E-state index contributed by atoms with van der Waals surface area (Å²) in [5.41, 5.74) is 2.50. The van der Waals surface area contributed by atoms with Crippen molar-refractivity contribution in [1.82, 2.24) is 15.2 Å². The van der Waals surface area contributed by atoms with E-state index in [1.54, 1.807) is 13.2 Å². The van der Waals surface area contributed by atoms with Crippen molar-refractivity contribution >= 4 is 11.7 Å². The molecule has 1 aliphatic rings. The summed E-state index contributed by atoms with van der Waals surface area (Å²) in [5, 5.41) is 3.00. The highest BCUT2D eigenvalue weighted by Crippen LogP contribution is 2.25. The van der Waals surface area contributed by atoms with Crippen LogP contribution in [0.1, 0.15) is 63.7 Å². The zero-order chi connectivity index (χ0) is 18.0. The summed E-state index contributed by atoms with van der Waals surface area (Å²) >= 11 is 0. The number of aromatic nitrogens is 1. The number of aryl methyl sites for hydroxylation is 1. The molecule has 1 amide bonds. The molecule has 25 heavy (non-hydrogen) atoms. The molecule has 6 nitrogen and oxygen atoms in total. The number of carbonyl (C=O) groups is 2. The summed E-state index contributed by atoms with van der Waals surface area (Å²) in [6, 6.07) is 3.86. The first kappa shape index (κ1) is 17.5. The topological polar surface area (TPSA) is 78.3 Å². The van der Waals surface area contributed by atoms with E-state index in [1.807, 2.05) is 19.1 Å². The molecule has 2 N–H and O–H groups in total. The van der Waals surface area contributed by atoms with Crippen molar-refractivity contribution in [1.29, 1.82) is 0 Å². The van der Waals surface area contributed by atoms with Gasteiger partial charge in [-0.3, -0.25) is 14.5 Å². The number of carbonyl (C=O) groups excluding carboxylic acids is 2. The minimum absolute atomic E-state index is 0.0316. The fraction of sp³-hybridized carbons (Fsp3) is 0.474. The van der Waals surface area contributed by atoms with E-state index in [-0.39, 0.29) is 17.7 Å². The highest BCUT2D eigenvalue weighted by molar-refractivity contribution is 6.02. The smallest absolute Gasteiger partial charge is 0.268 e. The number of likely N-dealkylation sites (tertiary alicyclic amines) is 1. The van der Waals surface area contributed by atoms with Crippen LogP contribution in [0.25, 0.3) is 0 Å². The molecule has 0 spiro atoms. The van der Waals surface area contributed by atoms with Gasteiger partial charge in [0.1, 0.15) is 11.5 Å². The molecule has 134 valence electrons. The average Bonchev–Trinajstić information content (AvgIpc) is 3.29. The van der Waals surface area contributed by atoms with Crippen LogP contribution in [0.15, 0.2) is 22.8 Å². The molecular formula is C19H25N3O3. The average molecular weight is 343 g/mol. The highest BCUT2D eigenvalue weighted by Gasteiger charge is 2.27. The number of Topliss-reactive ketones (excluding diaryl/α,β-unsaturated/α-hetero) is 1. The van der Waals surface area contributed by atoms with E-state index in [0.29, 0.717) is 23.4 Å². The number of H-pyrrole nitrogens is 1. The van der Waals surface area contributed by atoms with Crippen molar-refractivity contribution in [3.8, 4) is 0 Å². The number of amides is 1. The Morgan fingerprint density at radius 3 is 2.60 bits per heavy atom. The first-order valence-electron chi connectivity index (χ1n) is 8.74. The van der Waals surface area contributed by atoms with Gasteiger partial charge in [-0.25, -0.2) is 0 Å². The predicted molar refractivity (Wildman–Crippen MR) is 94.9 cm³/mol. The van der Waals surface area contributed by atoms with Crippen LogP contribution in [-0.4, -0.2) is 41.2 Å². The zero-order valence-corrected chi connectivity index (χ0v) is 15.0. The maximum atomic E-state index is 12.6. The molecule has 1 aliphatic heterocycles. The van der Waals surface area contributed by atoms with Crippen LogP contribution in [0.4, 0.5) is 0 Å². The van der Waals surface area contributed by atoms with E-state index in [9.17, 15) is 9.59 Å².